The number of carbonyl (C=O) groups excluding carboxylic acids is 1. The van der Waals surface area contributed by atoms with Gasteiger partial charge in [0.2, 0.25) is 5.91 Å². The Labute approximate surface area is 203 Å². The molecule has 5 rings (SSSR count). The standard InChI is InChI=1S/C27H26ClN3OS/c28-22-10-7-19(8-11-22)18-31-15-13-21(14-16-31)27(32)30-26(25-6-3-17-33-25)24-12-9-20-4-1-2-5-23(20)29-24/h1-12,17,21,26H,13-16,18H2,(H,30,32). The maximum atomic E-state index is 13.3. The van der Waals surface area contributed by atoms with Gasteiger partial charge >= 0.3 is 0 Å². The van der Waals surface area contributed by atoms with Gasteiger partial charge in [0.1, 0.15) is 6.04 Å². The van der Waals surface area contributed by atoms with E-state index in [0.29, 0.717) is 0 Å². The van der Waals surface area contributed by atoms with E-state index in [4.69, 9.17) is 16.6 Å². The number of carbonyl (C=O) groups is 1. The molecule has 4 aromatic rings. The van der Waals surface area contributed by atoms with Crippen molar-refractivity contribution < 1.29 is 4.79 Å². The number of hydrogen-bond donors (Lipinski definition) is 1. The molecule has 1 unspecified atom stereocenters. The van der Waals surface area contributed by atoms with Gasteiger partial charge in [-0.05, 0) is 67.2 Å². The maximum Gasteiger partial charge on any atom is 0.224 e. The summed E-state index contributed by atoms with van der Waals surface area (Å²) in [7, 11) is 0. The van der Waals surface area contributed by atoms with Gasteiger partial charge in [0.05, 0.1) is 11.2 Å². The summed E-state index contributed by atoms with van der Waals surface area (Å²) in [4.78, 5) is 21.7. The summed E-state index contributed by atoms with van der Waals surface area (Å²) >= 11 is 7.65. The molecule has 6 heteroatoms. The second-order valence-electron chi connectivity index (χ2n) is 8.56. The number of para-hydroxylation sites is 1. The summed E-state index contributed by atoms with van der Waals surface area (Å²) in [5.74, 6) is 0.142. The van der Waals surface area contributed by atoms with Gasteiger partial charge in [-0.25, -0.2) is 0 Å². The Hall–Kier alpha value is -2.73. The van der Waals surface area contributed by atoms with Crippen LogP contribution in [0.3, 0.4) is 0 Å². The van der Waals surface area contributed by atoms with Gasteiger partial charge in [0, 0.05) is 27.7 Å². The Balaban J connectivity index is 1.26. The number of thiophene rings is 1. The number of amides is 1. The molecule has 2 aromatic heterocycles. The minimum Gasteiger partial charge on any atom is -0.343 e. The lowest BCUT2D eigenvalue weighted by Gasteiger charge is -2.32. The van der Waals surface area contributed by atoms with Crippen LogP contribution in [-0.4, -0.2) is 28.9 Å². The van der Waals surface area contributed by atoms with Gasteiger partial charge < -0.3 is 5.32 Å². The van der Waals surface area contributed by atoms with Gasteiger partial charge in [-0.2, -0.15) is 0 Å². The number of nitrogens with one attached hydrogen (secondary N) is 1. The van der Waals surface area contributed by atoms with Crippen LogP contribution >= 0.6 is 22.9 Å². The number of benzene rings is 2. The quantitative estimate of drug-likeness (QED) is 0.368. The first-order chi connectivity index (χ1) is 16.2. The Morgan fingerprint density at radius 1 is 1.03 bits per heavy atom. The third-order valence-electron chi connectivity index (χ3n) is 6.31. The number of likely N-dealkylation sites (tertiary alicyclic amines) is 1. The van der Waals surface area contributed by atoms with E-state index in [2.05, 4.69) is 40.5 Å². The van der Waals surface area contributed by atoms with Crippen LogP contribution in [-0.2, 0) is 11.3 Å². The molecular weight excluding hydrogens is 450 g/mol. The number of hydrogen-bond acceptors (Lipinski definition) is 4. The summed E-state index contributed by atoms with van der Waals surface area (Å²) in [5, 5.41) is 7.23. The van der Waals surface area contributed by atoms with E-state index in [-0.39, 0.29) is 17.9 Å². The molecule has 0 saturated carbocycles. The van der Waals surface area contributed by atoms with Crippen LogP contribution in [0.15, 0.2) is 78.2 Å². The smallest absolute Gasteiger partial charge is 0.224 e. The predicted octanol–water partition coefficient (Wildman–Crippen LogP) is 6.07. The first-order valence-corrected chi connectivity index (χ1v) is 12.6. The zero-order chi connectivity index (χ0) is 22.6. The van der Waals surface area contributed by atoms with Crippen LogP contribution in [0.25, 0.3) is 10.9 Å². The van der Waals surface area contributed by atoms with Gasteiger partial charge in [-0.15, -0.1) is 11.3 Å². The third-order valence-corrected chi connectivity index (χ3v) is 7.50. The van der Waals surface area contributed by atoms with Crippen LogP contribution in [0, 0.1) is 5.92 Å². The topological polar surface area (TPSA) is 45.2 Å². The number of nitrogens with zero attached hydrogens (tertiary/aromatic N) is 2. The van der Waals surface area contributed by atoms with Crippen molar-refractivity contribution >= 4 is 39.7 Å². The lowest BCUT2D eigenvalue weighted by molar-refractivity contribution is -0.127. The predicted molar refractivity (Wildman–Crippen MR) is 136 cm³/mol. The van der Waals surface area contributed by atoms with Crippen molar-refractivity contribution in [3.63, 3.8) is 0 Å². The normalized spacial score (nSPS) is 16.0. The largest absolute Gasteiger partial charge is 0.343 e. The summed E-state index contributed by atoms with van der Waals surface area (Å²) in [5.41, 5.74) is 3.08. The fourth-order valence-electron chi connectivity index (χ4n) is 4.45. The monoisotopic (exact) mass is 475 g/mol. The van der Waals surface area contributed by atoms with Gasteiger partial charge in [0.15, 0.2) is 0 Å². The molecule has 0 bridgehead atoms. The number of aromatic nitrogens is 1. The highest BCUT2D eigenvalue weighted by Crippen LogP contribution is 2.28. The number of pyridine rings is 1. The van der Waals surface area contributed by atoms with Gasteiger partial charge in [-0.3, -0.25) is 14.7 Å². The van der Waals surface area contributed by atoms with E-state index in [1.165, 1.54) is 5.56 Å². The van der Waals surface area contributed by atoms with Gasteiger partial charge in [0.25, 0.3) is 0 Å². The second kappa shape index (κ2) is 10.0. The molecule has 1 saturated heterocycles. The summed E-state index contributed by atoms with van der Waals surface area (Å²) in [6, 6.07) is 24.1. The van der Waals surface area contributed by atoms with Crippen molar-refractivity contribution in [2.24, 2.45) is 5.92 Å². The molecule has 1 N–H and O–H groups in total. The maximum absolute atomic E-state index is 13.3. The average Bonchev–Trinajstić information content (AvgIpc) is 3.39. The molecule has 33 heavy (non-hydrogen) atoms. The Bertz CT molecular complexity index is 1220. The second-order valence-corrected chi connectivity index (χ2v) is 9.98. The van der Waals surface area contributed by atoms with Crippen LogP contribution in [0.5, 0.6) is 0 Å². The lowest BCUT2D eigenvalue weighted by Crippen LogP contribution is -2.41. The van der Waals surface area contributed by atoms with Crippen molar-refractivity contribution in [1.29, 1.82) is 0 Å². The van der Waals surface area contributed by atoms with E-state index >= 15 is 0 Å². The summed E-state index contributed by atoms with van der Waals surface area (Å²) in [6.45, 7) is 2.72. The number of halogens is 1. The highest BCUT2D eigenvalue weighted by atomic mass is 35.5. The van der Waals surface area contributed by atoms with Crippen molar-refractivity contribution in [3.05, 3.63) is 99.3 Å². The van der Waals surface area contributed by atoms with E-state index in [0.717, 1.165) is 59.0 Å². The molecule has 168 valence electrons. The minimum absolute atomic E-state index is 0.0226. The molecule has 1 aliphatic heterocycles. The average molecular weight is 476 g/mol. The third kappa shape index (κ3) is 5.27. The first-order valence-electron chi connectivity index (χ1n) is 11.3. The number of rotatable bonds is 6. The first kappa shape index (κ1) is 22.1. The molecule has 1 amide bonds. The zero-order valence-corrected chi connectivity index (χ0v) is 19.9. The van der Waals surface area contributed by atoms with Crippen LogP contribution in [0.2, 0.25) is 5.02 Å². The fraction of sp³-hybridized carbons (Fsp3) is 0.259. The molecule has 0 aliphatic carbocycles. The lowest BCUT2D eigenvalue weighted by atomic mass is 9.95. The van der Waals surface area contributed by atoms with Crippen LogP contribution in [0.1, 0.15) is 35.0 Å². The van der Waals surface area contributed by atoms with Crippen molar-refractivity contribution in [1.82, 2.24) is 15.2 Å². The molecule has 1 fully saturated rings. The van der Waals surface area contributed by atoms with E-state index in [9.17, 15) is 4.79 Å². The number of fused-ring (bicyclic) bond motifs is 1. The van der Waals surface area contributed by atoms with E-state index in [1.54, 1.807) is 11.3 Å². The van der Waals surface area contributed by atoms with Crippen molar-refractivity contribution in [3.8, 4) is 0 Å². The molecule has 4 nitrogen and oxygen atoms in total. The molecule has 1 atom stereocenters. The van der Waals surface area contributed by atoms with E-state index in [1.807, 2.05) is 47.8 Å². The Morgan fingerprint density at radius 3 is 2.58 bits per heavy atom. The molecule has 3 heterocycles. The van der Waals surface area contributed by atoms with Crippen LogP contribution in [0.4, 0.5) is 0 Å². The summed E-state index contributed by atoms with van der Waals surface area (Å²) in [6.07, 6.45) is 1.73. The molecular formula is C27H26ClN3OS. The molecule has 0 radical (unpaired) electrons. The fourth-order valence-corrected chi connectivity index (χ4v) is 5.36. The Morgan fingerprint density at radius 2 is 1.82 bits per heavy atom. The highest BCUT2D eigenvalue weighted by molar-refractivity contribution is 7.10. The zero-order valence-electron chi connectivity index (χ0n) is 18.3. The number of piperidine rings is 1. The Kier molecular flexibility index (Phi) is 6.72. The molecule has 0 spiro atoms. The molecule has 1 aliphatic rings. The van der Waals surface area contributed by atoms with Crippen molar-refractivity contribution in [2.45, 2.75) is 25.4 Å². The summed E-state index contributed by atoms with van der Waals surface area (Å²) < 4.78 is 0. The van der Waals surface area contributed by atoms with Crippen molar-refractivity contribution in [2.75, 3.05) is 13.1 Å². The minimum atomic E-state index is -0.228. The molecule has 2 aromatic carbocycles. The van der Waals surface area contributed by atoms with Gasteiger partial charge in [-0.1, -0.05) is 54.1 Å². The van der Waals surface area contributed by atoms with Crippen LogP contribution < -0.4 is 5.32 Å². The SMILES string of the molecule is O=C(NC(c1ccc2ccccc2n1)c1cccs1)C1CCN(Cc2ccc(Cl)cc2)CC1. The van der Waals surface area contributed by atoms with E-state index < -0.39 is 0 Å². The highest BCUT2D eigenvalue weighted by Gasteiger charge is 2.28.